The average molecular weight is 514 g/mol. The minimum atomic E-state index is -4.95. The van der Waals surface area contributed by atoms with Gasteiger partial charge in [0.15, 0.2) is 28.8 Å². The van der Waals surface area contributed by atoms with E-state index in [9.17, 15) is 40.4 Å². The Bertz CT molecular complexity index is 1190. The predicted octanol–water partition coefficient (Wildman–Crippen LogP) is 5.55. The topological polar surface area (TPSA) is 68.8 Å². The summed E-state index contributed by atoms with van der Waals surface area (Å²) in [5.74, 6) is -12.1. The summed E-state index contributed by atoms with van der Waals surface area (Å²) in [6.45, 7) is 0.142. The quantitative estimate of drug-likeness (QED) is 0.246. The summed E-state index contributed by atoms with van der Waals surface area (Å²) in [6, 6.07) is 4.35. The molecule has 0 spiro atoms. The van der Waals surface area contributed by atoms with Gasteiger partial charge in [-0.3, -0.25) is 0 Å². The zero-order valence-electron chi connectivity index (χ0n) is 16.0. The van der Waals surface area contributed by atoms with Crippen LogP contribution in [0.3, 0.4) is 0 Å². The van der Waals surface area contributed by atoms with Crippen molar-refractivity contribution in [1.29, 1.82) is 10.5 Å². The van der Waals surface area contributed by atoms with Gasteiger partial charge in [-0.25, -0.2) is 22.0 Å². The maximum absolute atomic E-state index is 14.0. The maximum Gasteiger partial charge on any atom is 0.418 e. The van der Waals surface area contributed by atoms with Gasteiger partial charge in [-0.1, -0.05) is 23.8 Å². The first-order chi connectivity index (χ1) is 15.2. The molecule has 14 heteroatoms. The van der Waals surface area contributed by atoms with E-state index < -0.39 is 79.9 Å². The molecular weight excluding hydrogens is 506 g/mol. The molecule has 0 aliphatic heterocycles. The number of rotatable bonds is 5. The minimum absolute atomic E-state index is 0.467. The second kappa shape index (κ2) is 9.37. The van der Waals surface area contributed by atoms with Gasteiger partial charge in [0.1, 0.15) is 17.3 Å². The molecule has 2 aromatic rings. The van der Waals surface area contributed by atoms with Crippen molar-refractivity contribution in [1.82, 2.24) is 5.32 Å². The van der Waals surface area contributed by atoms with Crippen molar-refractivity contribution in [2.75, 3.05) is 6.61 Å². The number of benzene rings is 2. The number of ether oxygens (including phenoxy) is 1. The third kappa shape index (κ3) is 5.26. The van der Waals surface area contributed by atoms with E-state index in [0.29, 0.717) is 6.07 Å². The van der Waals surface area contributed by atoms with Crippen LogP contribution in [0.15, 0.2) is 12.1 Å². The van der Waals surface area contributed by atoms with Gasteiger partial charge in [0, 0.05) is 0 Å². The Labute approximate surface area is 190 Å². The van der Waals surface area contributed by atoms with E-state index in [1.54, 1.807) is 6.07 Å². The number of nitrogens with zero attached hydrogens (tertiary/aromatic N) is 2. The monoisotopic (exact) mass is 513 g/mol. The molecule has 0 unspecified atom stereocenters. The molecule has 0 bridgehead atoms. The van der Waals surface area contributed by atoms with Crippen LogP contribution in [0.5, 0.6) is 5.75 Å². The average Bonchev–Trinajstić information content (AvgIpc) is 2.74. The summed E-state index contributed by atoms with van der Waals surface area (Å²) in [5.41, 5.74) is -5.46. The number of nitrogens with one attached hydrogen (secondary N) is 1. The summed E-state index contributed by atoms with van der Waals surface area (Å²) >= 11 is 10.4. The van der Waals surface area contributed by atoms with Gasteiger partial charge in [0.05, 0.1) is 33.9 Å². The molecule has 0 saturated carbocycles. The summed E-state index contributed by atoms with van der Waals surface area (Å²) in [5, 5.41) is 19.4. The van der Waals surface area contributed by atoms with Crippen LogP contribution >= 0.6 is 23.8 Å². The van der Waals surface area contributed by atoms with Crippen LogP contribution in [0.2, 0.25) is 5.02 Å². The van der Waals surface area contributed by atoms with Gasteiger partial charge >= 0.3 is 6.18 Å². The lowest BCUT2D eigenvalue weighted by Gasteiger charge is -2.26. The predicted molar refractivity (Wildman–Crippen MR) is 102 cm³/mol. The highest BCUT2D eigenvalue weighted by atomic mass is 35.5. The van der Waals surface area contributed by atoms with Crippen molar-refractivity contribution < 1.29 is 39.9 Å². The first kappa shape index (κ1) is 26.1. The van der Waals surface area contributed by atoms with E-state index in [0.717, 1.165) is 13.0 Å². The van der Waals surface area contributed by atoms with Crippen molar-refractivity contribution in [3.8, 4) is 17.9 Å². The van der Waals surface area contributed by atoms with Crippen molar-refractivity contribution in [2.24, 2.45) is 0 Å². The van der Waals surface area contributed by atoms with Crippen molar-refractivity contribution in [2.45, 2.75) is 18.6 Å². The molecule has 0 heterocycles. The lowest BCUT2D eigenvalue weighted by molar-refractivity contribution is -0.137. The molecule has 4 nitrogen and oxygen atoms in total. The Morgan fingerprint density at radius 3 is 2.00 bits per heavy atom. The number of nitriles is 2. The fraction of sp³-hybridized carbons (Fsp3) is 0.211. The lowest BCUT2D eigenvalue weighted by Crippen LogP contribution is -2.49. The smallest absolute Gasteiger partial charge is 0.418 e. The standard InChI is InChI=1S/C19H8ClF8N3OS/c1-18(5-30,31-17(33)10-12(21)14(23)16(25)15(24)13(10)22)6-32-9-3-7(4-29)2-8(11(9)20)19(26,27)28/h2-3H,6H2,1H3,(H,31,33)/t18-/m1/s1. The van der Waals surface area contributed by atoms with E-state index in [1.165, 1.54) is 6.07 Å². The summed E-state index contributed by atoms with van der Waals surface area (Å²) < 4.78 is 112. The van der Waals surface area contributed by atoms with Crippen LogP contribution in [0, 0.1) is 51.7 Å². The molecule has 0 aromatic heterocycles. The van der Waals surface area contributed by atoms with Crippen molar-refractivity contribution in [3.05, 3.63) is 62.9 Å². The number of halogens is 9. The van der Waals surface area contributed by atoms with Gasteiger partial charge in [-0.05, 0) is 19.1 Å². The Hall–Kier alpha value is -3.16. The van der Waals surface area contributed by atoms with E-state index in [2.05, 4.69) is 17.5 Å². The first-order valence-electron chi connectivity index (χ1n) is 8.35. The fourth-order valence-electron chi connectivity index (χ4n) is 2.41. The molecule has 0 radical (unpaired) electrons. The van der Waals surface area contributed by atoms with E-state index in [1.807, 2.05) is 0 Å². The maximum atomic E-state index is 14.0. The van der Waals surface area contributed by atoms with Gasteiger partial charge in [-0.2, -0.15) is 23.7 Å². The molecule has 0 aliphatic carbocycles. The Kier molecular flexibility index (Phi) is 7.41. The van der Waals surface area contributed by atoms with Crippen LogP contribution in [0.4, 0.5) is 35.1 Å². The zero-order chi connectivity index (χ0) is 25.3. The van der Waals surface area contributed by atoms with Crippen molar-refractivity contribution in [3.63, 3.8) is 0 Å². The molecule has 0 saturated heterocycles. The van der Waals surface area contributed by atoms with Crippen molar-refractivity contribution >= 4 is 28.8 Å². The molecule has 2 rings (SSSR count). The Balaban J connectivity index is 2.37. The SMILES string of the molecule is C[C@@](C#N)(COc1cc(C#N)cc(C(F)(F)F)c1Cl)NC(=S)c1c(F)c(F)c(F)c(F)c1F. The van der Waals surface area contributed by atoms with Crippen LogP contribution in [0.1, 0.15) is 23.6 Å². The molecule has 0 fully saturated rings. The molecule has 2 aromatic carbocycles. The molecule has 1 atom stereocenters. The molecule has 1 N–H and O–H groups in total. The summed E-state index contributed by atoms with van der Waals surface area (Å²) in [6.07, 6.45) is -4.95. The Morgan fingerprint density at radius 1 is 1.03 bits per heavy atom. The third-order valence-electron chi connectivity index (χ3n) is 4.06. The van der Waals surface area contributed by atoms with Gasteiger partial charge in [0.2, 0.25) is 5.82 Å². The molecule has 0 aliphatic rings. The number of thiocarbonyl (C=S) groups is 1. The van der Waals surface area contributed by atoms with Crippen LogP contribution < -0.4 is 10.1 Å². The first-order valence-corrected chi connectivity index (χ1v) is 9.14. The Morgan fingerprint density at radius 2 is 1.55 bits per heavy atom. The van der Waals surface area contributed by atoms with Gasteiger partial charge < -0.3 is 10.1 Å². The summed E-state index contributed by atoms with van der Waals surface area (Å²) in [7, 11) is 0. The van der Waals surface area contributed by atoms with Gasteiger partial charge in [-0.15, -0.1) is 0 Å². The normalized spacial score (nSPS) is 13.0. The number of hydrogen-bond donors (Lipinski definition) is 1. The molecular formula is C19H8ClF8N3OS. The van der Waals surface area contributed by atoms with Crippen LogP contribution in [0.25, 0.3) is 0 Å². The highest BCUT2D eigenvalue weighted by Gasteiger charge is 2.36. The molecule has 174 valence electrons. The van der Waals surface area contributed by atoms with Gasteiger partial charge in [0.25, 0.3) is 0 Å². The second-order valence-corrected chi connectivity index (χ2v) is 7.36. The fourth-order valence-corrected chi connectivity index (χ4v) is 3.08. The second-order valence-electron chi connectivity index (χ2n) is 6.58. The van der Waals surface area contributed by atoms with E-state index in [-0.39, 0.29) is 0 Å². The highest BCUT2D eigenvalue weighted by Crippen LogP contribution is 2.40. The third-order valence-corrected chi connectivity index (χ3v) is 4.76. The van der Waals surface area contributed by atoms with Crippen LogP contribution in [-0.4, -0.2) is 17.1 Å². The lowest BCUT2D eigenvalue weighted by atomic mass is 10.0. The minimum Gasteiger partial charge on any atom is -0.488 e. The van der Waals surface area contributed by atoms with E-state index >= 15 is 0 Å². The molecule has 33 heavy (non-hydrogen) atoms. The number of hydrogen-bond acceptors (Lipinski definition) is 4. The zero-order valence-corrected chi connectivity index (χ0v) is 17.5. The largest absolute Gasteiger partial charge is 0.488 e. The van der Waals surface area contributed by atoms with E-state index in [4.69, 9.17) is 21.6 Å². The highest BCUT2D eigenvalue weighted by molar-refractivity contribution is 7.80. The van der Waals surface area contributed by atoms with Crippen LogP contribution in [-0.2, 0) is 6.18 Å². The summed E-state index contributed by atoms with van der Waals surface area (Å²) in [4.78, 5) is -1.07. The molecule has 0 amide bonds. The number of alkyl halides is 3.